The molecule has 2 aromatic carbocycles. The van der Waals surface area contributed by atoms with E-state index < -0.39 is 10.9 Å². The van der Waals surface area contributed by atoms with E-state index in [0.717, 1.165) is 10.4 Å². The van der Waals surface area contributed by atoms with Gasteiger partial charge in [0.2, 0.25) is 0 Å². The normalized spacial score (nSPS) is 10.2. The van der Waals surface area contributed by atoms with Gasteiger partial charge in [0.05, 0.1) is 30.4 Å². The van der Waals surface area contributed by atoms with Crippen molar-refractivity contribution >= 4 is 51.0 Å². The van der Waals surface area contributed by atoms with Gasteiger partial charge in [-0.05, 0) is 29.9 Å². The first kappa shape index (κ1) is 21.2. The molecule has 0 aliphatic carbocycles. The molecule has 0 radical (unpaired) electrons. The number of esters is 1. The minimum atomic E-state index is -0.512. The number of nitro groups is 1. The number of rotatable bonds is 6. The fraction of sp³-hybridized carbons (Fsp3) is 0.100. The molecule has 8 nitrogen and oxygen atoms in total. The van der Waals surface area contributed by atoms with Crippen LogP contribution in [0, 0.1) is 10.1 Å². The number of hydrogen-bond acceptors (Lipinski definition) is 7. The number of hydrogen-bond donors (Lipinski definition) is 2. The van der Waals surface area contributed by atoms with Crippen LogP contribution in [0.1, 0.15) is 10.4 Å². The zero-order valence-electron chi connectivity index (χ0n) is 16.0. The molecule has 0 aliphatic rings. The molecule has 0 aliphatic heterocycles. The number of carbonyl (C=O) groups is 1. The van der Waals surface area contributed by atoms with Crippen molar-refractivity contribution in [2.24, 2.45) is 0 Å². The van der Waals surface area contributed by atoms with Gasteiger partial charge in [-0.2, -0.15) is 0 Å². The van der Waals surface area contributed by atoms with E-state index in [-0.39, 0.29) is 10.8 Å². The van der Waals surface area contributed by atoms with Crippen molar-refractivity contribution in [3.05, 3.63) is 70.3 Å². The lowest BCUT2D eigenvalue weighted by Gasteiger charge is -2.13. The number of nitrogens with zero attached hydrogens (tertiary/aromatic N) is 1. The maximum Gasteiger partial charge on any atom is 0.340 e. The van der Waals surface area contributed by atoms with E-state index in [1.807, 2.05) is 30.3 Å². The van der Waals surface area contributed by atoms with Crippen LogP contribution in [-0.4, -0.2) is 30.2 Å². The van der Waals surface area contributed by atoms with Gasteiger partial charge < -0.3 is 20.1 Å². The van der Waals surface area contributed by atoms with E-state index in [2.05, 4.69) is 10.6 Å². The Morgan fingerprint density at radius 2 is 1.83 bits per heavy atom. The lowest BCUT2D eigenvalue weighted by atomic mass is 10.1. The summed E-state index contributed by atoms with van der Waals surface area (Å²) in [5, 5.41) is 17.5. The Labute approximate surface area is 181 Å². The third-order valence-electron chi connectivity index (χ3n) is 4.06. The van der Waals surface area contributed by atoms with Crippen LogP contribution < -0.4 is 15.4 Å². The smallest absolute Gasteiger partial charge is 0.340 e. The van der Waals surface area contributed by atoms with E-state index in [9.17, 15) is 14.9 Å². The maximum atomic E-state index is 12.2. The summed E-state index contributed by atoms with van der Waals surface area (Å²) in [5.74, 6) is -0.124. The van der Waals surface area contributed by atoms with Crippen molar-refractivity contribution in [2.75, 3.05) is 24.9 Å². The molecule has 30 heavy (non-hydrogen) atoms. The van der Waals surface area contributed by atoms with Gasteiger partial charge in [-0.15, -0.1) is 11.3 Å². The summed E-state index contributed by atoms with van der Waals surface area (Å²) >= 11 is 6.68. The zero-order chi connectivity index (χ0) is 21.7. The molecule has 0 amide bonds. The molecular weight excluding hydrogens is 426 g/mol. The number of non-ortho nitro benzene ring substituents is 1. The highest BCUT2D eigenvalue weighted by Gasteiger charge is 2.19. The summed E-state index contributed by atoms with van der Waals surface area (Å²) < 4.78 is 10.1. The van der Waals surface area contributed by atoms with Gasteiger partial charge >= 0.3 is 5.97 Å². The summed E-state index contributed by atoms with van der Waals surface area (Å²) in [6, 6.07) is 15.4. The van der Waals surface area contributed by atoms with E-state index in [1.54, 1.807) is 6.07 Å². The molecule has 3 aromatic rings. The Hall–Kier alpha value is -3.50. The molecule has 0 atom stereocenters. The van der Waals surface area contributed by atoms with E-state index in [0.29, 0.717) is 22.0 Å². The first-order valence-corrected chi connectivity index (χ1v) is 9.83. The Bertz CT molecular complexity index is 1100. The van der Waals surface area contributed by atoms with Crippen LogP contribution in [0.4, 0.5) is 16.4 Å². The average Bonchev–Trinajstić information content (AvgIpc) is 3.17. The summed E-state index contributed by atoms with van der Waals surface area (Å²) in [7, 11) is 2.75. The number of thiophene rings is 1. The molecule has 3 rings (SSSR count). The molecule has 0 fully saturated rings. The van der Waals surface area contributed by atoms with Crippen LogP contribution in [0.2, 0.25) is 0 Å². The van der Waals surface area contributed by atoms with Gasteiger partial charge in [-0.25, -0.2) is 4.79 Å². The lowest BCUT2D eigenvalue weighted by Crippen LogP contribution is -2.20. The van der Waals surface area contributed by atoms with Crippen molar-refractivity contribution in [2.45, 2.75) is 0 Å². The van der Waals surface area contributed by atoms with Crippen LogP contribution >= 0.6 is 23.6 Å². The molecule has 0 spiro atoms. The number of anilines is 2. The molecular formula is C20H17N3O5S2. The van der Waals surface area contributed by atoms with Gasteiger partial charge in [0, 0.05) is 17.0 Å². The van der Waals surface area contributed by atoms with E-state index in [4.69, 9.17) is 21.7 Å². The van der Waals surface area contributed by atoms with Crippen LogP contribution in [0.15, 0.2) is 54.6 Å². The van der Waals surface area contributed by atoms with E-state index >= 15 is 0 Å². The number of benzene rings is 2. The molecule has 10 heteroatoms. The third kappa shape index (κ3) is 4.73. The Morgan fingerprint density at radius 3 is 2.47 bits per heavy atom. The van der Waals surface area contributed by atoms with Crippen molar-refractivity contribution in [3.8, 4) is 16.2 Å². The highest BCUT2D eigenvalue weighted by Crippen LogP contribution is 2.36. The SMILES string of the molecule is COC(=O)c1cc(-c2ccccc2)sc1NC(=S)Nc1cc([N+](=O)[O-])ccc1OC. The van der Waals surface area contributed by atoms with Crippen LogP contribution in [0.25, 0.3) is 10.4 Å². The molecule has 0 bridgehead atoms. The summed E-state index contributed by atoms with van der Waals surface area (Å²) in [6.45, 7) is 0. The number of methoxy groups -OCH3 is 2. The predicted octanol–water partition coefficient (Wildman–Crippen LogP) is 4.93. The number of ether oxygens (including phenoxy) is 2. The number of nitro benzene ring substituents is 1. The second-order valence-corrected chi connectivity index (χ2v) is 7.39. The van der Waals surface area contributed by atoms with Gasteiger partial charge in [-0.3, -0.25) is 10.1 Å². The molecule has 1 heterocycles. The van der Waals surface area contributed by atoms with Crippen molar-refractivity contribution < 1.29 is 19.2 Å². The fourth-order valence-corrected chi connectivity index (χ4v) is 3.99. The molecule has 0 saturated carbocycles. The Kier molecular flexibility index (Phi) is 6.60. The highest BCUT2D eigenvalue weighted by molar-refractivity contribution is 7.80. The number of carbonyl (C=O) groups excluding carboxylic acids is 1. The summed E-state index contributed by atoms with van der Waals surface area (Å²) in [5.41, 5.74) is 1.49. The van der Waals surface area contributed by atoms with Gasteiger partial charge in [0.15, 0.2) is 5.11 Å². The third-order valence-corrected chi connectivity index (χ3v) is 5.37. The van der Waals surface area contributed by atoms with Crippen LogP contribution in [-0.2, 0) is 4.74 Å². The van der Waals surface area contributed by atoms with Crippen molar-refractivity contribution in [1.82, 2.24) is 0 Å². The van der Waals surface area contributed by atoms with Gasteiger partial charge in [-0.1, -0.05) is 30.3 Å². The fourth-order valence-electron chi connectivity index (χ4n) is 2.65. The van der Waals surface area contributed by atoms with Crippen LogP contribution in [0.3, 0.4) is 0 Å². The monoisotopic (exact) mass is 443 g/mol. The molecule has 2 N–H and O–H groups in total. The first-order chi connectivity index (χ1) is 14.4. The second-order valence-electron chi connectivity index (χ2n) is 5.93. The standard InChI is InChI=1S/C20H17N3O5S2/c1-27-16-9-8-13(23(25)26)10-15(16)21-20(29)22-18-14(19(24)28-2)11-17(30-18)12-6-4-3-5-7-12/h3-11H,1-2H3,(H2,21,22,29). The average molecular weight is 444 g/mol. The predicted molar refractivity (Wildman–Crippen MR) is 121 cm³/mol. The Morgan fingerprint density at radius 1 is 1.10 bits per heavy atom. The second kappa shape index (κ2) is 9.33. The Balaban J connectivity index is 1.88. The van der Waals surface area contributed by atoms with Crippen molar-refractivity contribution in [3.63, 3.8) is 0 Å². The lowest BCUT2D eigenvalue weighted by molar-refractivity contribution is -0.384. The molecule has 1 aromatic heterocycles. The molecule has 0 saturated heterocycles. The van der Waals surface area contributed by atoms with Crippen LogP contribution in [0.5, 0.6) is 5.75 Å². The van der Waals surface area contributed by atoms with Gasteiger partial charge in [0.1, 0.15) is 10.8 Å². The molecule has 0 unspecified atom stereocenters. The van der Waals surface area contributed by atoms with E-state index in [1.165, 1.54) is 43.8 Å². The zero-order valence-corrected chi connectivity index (χ0v) is 17.6. The largest absolute Gasteiger partial charge is 0.495 e. The summed E-state index contributed by atoms with van der Waals surface area (Å²) in [6.07, 6.45) is 0. The van der Waals surface area contributed by atoms with Crippen molar-refractivity contribution in [1.29, 1.82) is 0 Å². The first-order valence-electron chi connectivity index (χ1n) is 8.61. The minimum absolute atomic E-state index is 0.112. The quantitative estimate of drug-likeness (QED) is 0.239. The highest BCUT2D eigenvalue weighted by atomic mass is 32.1. The summed E-state index contributed by atoms with van der Waals surface area (Å²) in [4.78, 5) is 23.6. The number of thiocarbonyl (C=S) groups is 1. The number of nitrogens with one attached hydrogen (secondary N) is 2. The maximum absolute atomic E-state index is 12.2. The van der Waals surface area contributed by atoms with Gasteiger partial charge in [0.25, 0.3) is 5.69 Å². The molecule has 154 valence electrons. The minimum Gasteiger partial charge on any atom is -0.495 e. The topological polar surface area (TPSA) is 103 Å².